The van der Waals surface area contributed by atoms with E-state index in [2.05, 4.69) is 22.5 Å². The molecule has 0 aliphatic carbocycles. The quantitative estimate of drug-likeness (QED) is 0.772. The van der Waals surface area contributed by atoms with Crippen molar-refractivity contribution in [1.29, 1.82) is 0 Å². The van der Waals surface area contributed by atoms with Crippen LogP contribution in [0.15, 0.2) is 0 Å². The third-order valence-corrected chi connectivity index (χ3v) is 4.14. The van der Waals surface area contributed by atoms with Crippen LogP contribution in [-0.2, 0) is 4.79 Å². The zero-order chi connectivity index (χ0) is 12.8. The van der Waals surface area contributed by atoms with Gasteiger partial charge in [0.15, 0.2) is 0 Å². The Labute approximate surface area is 110 Å². The fraction of sp³-hybridized carbons (Fsp3) is 0.929. The summed E-state index contributed by atoms with van der Waals surface area (Å²) in [7, 11) is 0. The van der Waals surface area contributed by atoms with Crippen LogP contribution in [-0.4, -0.2) is 49.1 Å². The number of carbonyl (C=O) groups excluding carboxylic acids is 1. The molecule has 0 spiro atoms. The highest BCUT2D eigenvalue weighted by atomic mass is 16.2. The van der Waals surface area contributed by atoms with E-state index in [0.717, 1.165) is 45.3 Å². The van der Waals surface area contributed by atoms with Crippen molar-refractivity contribution in [2.75, 3.05) is 26.2 Å². The Bertz CT molecular complexity index is 256. The van der Waals surface area contributed by atoms with E-state index in [1.807, 2.05) is 0 Å². The molecule has 0 bridgehead atoms. The van der Waals surface area contributed by atoms with Gasteiger partial charge in [0.05, 0.1) is 6.04 Å². The van der Waals surface area contributed by atoms with Gasteiger partial charge in [-0.15, -0.1) is 0 Å². The minimum Gasteiger partial charge on any atom is -0.352 e. The predicted octanol–water partition coefficient (Wildman–Crippen LogP) is 1.12. The van der Waals surface area contributed by atoms with Crippen molar-refractivity contribution in [1.82, 2.24) is 15.5 Å². The van der Waals surface area contributed by atoms with Crippen LogP contribution in [0.1, 0.15) is 45.4 Å². The molecule has 0 aromatic carbocycles. The minimum atomic E-state index is 0.0723. The lowest BCUT2D eigenvalue weighted by Crippen LogP contribution is -2.49. The van der Waals surface area contributed by atoms with Gasteiger partial charge in [0.2, 0.25) is 5.91 Å². The first-order valence-electron chi connectivity index (χ1n) is 7.55. The molecule has 0 saturated carbocycles. The summed E-state index contributed by atoms with van der Waals surface area (Å²) < 4.78 is 0. The highest BCUT2D eigenvalue weighted by Crippen LogP contribution is 2.12. The molecule has 0 unspecified atom stereocenters. The summed E-state index contributed by atoms with van der Waals surface area (Å²) in [5, 5.41) is 6.47. The predicted molar refractivity (Wildman–Crippen MR) is 73.5 cm³/mol. The van der Waals surface area contributed by atoms with Crippen molar-refractivity contribution in [3.8, 4) is 0 Å². The first kappa shape index (κ1) is 13.8. The van der Waals surface area contributed by atoms with Crippen molar-refractivity contribution < 1.29 is 4.79 Å². The van der Waals surface area contributed by atoms with Crippen LogP contribution in [0.25, 0.3) is 0 Å². The van der Waals surface area contributed by atoms with E-state index in [1.165, 1.54) is 19.4 Å². The molecule has 0 radical (unpaired) electrons. The second-order valence-electron chi connectivity index (χ2n) is 5.63. The normalized spacial score (nSPS) is 26.4. The summed E-state index contributed by atoms with van der Waals surface area (Å²) in [4.78, 5) is 14.5. The van der Waals surface area contributed by atoms with Gasteiger partial charge in [0, 0.05) is 19.1 Å². The van der Waals surface area contributed by atoms with Crippen LogP contribution in [0, 0.1) is 0 Å². The molecule has 2 aliphatic rings. The Morgan fingerprint density at radius 3 is 2.72 bits per heavy atom. The number of nitrogens with zero attached hydrogens (tertiary/aromatic N) is 1. The van der Waals surface area contributed by atoms with Crippen molar-refractivity contribution >= 4 is 5.91 Å². The third kappa shape index (κ3) is 3.95. The lowest BCUT2D eigenvalue weighted by Gasteiger charge is -2.32. The molecular weight excluding hydrogens is 226 g/mol. The second kappa shape index (κ2) is 7.10. The molecule has 2 N–H and O–H groups in total. The fourth-order valence-electron chi connectivity index (χ4n) is 2.89. The lowest BCUT2D eigenvalue weighted by atomic mass is 10.0. The smallest absolute Gasteiger partial charge is 0.237 e. The largest absolute Gasteiger partial charge is 0.352 e. The molecule has 1 amide bonds. The second-order valence-corrected chi connectivity index (χ2v) is 5.63. The molecule has 18 heavy (non-hydrogen) atoms. The summed E-state index contributed by atoms with van der Waals surface area (Å²) in [5.41, 5.74) is 0. The zero-order valence-corrected chi connectivity index (χ0v) is 11.6. The molecule has 2 saturated heterocycles. The number of amides is 1. The lowest BCUT2D eigenvalue weighted by molar-refractivity contribution is -0.123. The SMILES string of the molecule is CCCCN1CCC(NC(=O)[C@@H]2CCCN2)CC1. The van der Waals surface area contributed by atoms with E-state index in [1.54, 1.807) is 0 Å². The highest BCUT2D eigenvalue weighted by Gasteiger charge is 2.26. The summed E-state index contributed by atoms with van der Waals surface area (Å²) in [6, 6.07) is 0.473. The number of hydrogen-bond acceptors (Lipinski definition) is 3. The molecule has 4 nitrogen and oxygen atoms in total. The molecule has 1 atom stereocenters. The molecular formula is C14H27N3O. The first-order chi connectivity index (χ1) is 8.79. The van der Waals surface area contributed by atoms with E-state index in [4.69, 9.17) is 0 Å². The molecule has 104 valence electrons. The van der Waals surface area contributed by atoms with E-state index in [0.29, 0.717) is 6.04 Å². The van der Waals surface area contributed by atoms with Crippen LogP contribution >= 0.6 is 0 Å². The van der Waals surface area contributed by atoms with Gasteiger partial charge in [0.1, 0.15) is 0 Å². The van der Waals surface area contributed by atoms with Gasteiger partial charge in [0.25, 0.3) is 0 Å². The number of carbonyl (C=O) groups is 1. The van der Waals surface area contributed by atoms with Crippen LogP contribution < -0.4 is 10.6 Å². The Morgan fingerprint density at radius 2 is 2.11 bits per heavy atom. The van der Waals surface area contributed by atoms with E-state index in [9.17, 15) is 4.79 Å². The summed E-state index contributed by atoms with van der Waals surface area (Å²) in [5.74, 6) is 0.222. The van der Waals surface area contributed by atoms with Gasteiger partial charge in [-0.3, -0.25) is 4.79 Å². The van der Waals surface area contributed by atoms with E-state index >= 15 is 0 Å². The summed E-state index contributed by atoms with van der Waals surface area (Å²) in [6.45, 7) is 6.74. The first-order valence-corrected chi connectivity index (χ1v) is 7.55. The monoisotopic (exact) mass is 253 g/mol. The topological polar surface area (TPSA) is 44.4 Å². The van der Waals surface area contributed by atoms with Crippen molar-refractivity contribution in [3.63, 3.8) is 0 Å². The molecule has 0 aromatic rings. The molecule has 2 rings (SSSR count). The van der Waals surface area contributed by atoms with Crippen molar-refractivity contribution in [2.24, 2.45) is 0 Å². The minimum absolute atomic E-state index is 0.0723. The van der Waals surface area contributed by atoms with E-state index in [-0.39, 0.29) is 11.9 Å². The Morgan fingerprint density at radius 1 is 1.33 bits per heavy atom. The molecule has 2 fully saturated rings. The van der Waals surface area contributed by atoms with Crippen LogP contribution in [0.5, 0.6) is 0 Å². The fourth-order valence-corrected chi connectivity index (χ4v) is 2.89. The van der Waals surface area contributed by atoms with Crippen molar-refractivity contribution in [2.45, 2.75) is 57.5 Å². The van der Waals surface area contributed by atoms with Gasteiger partial charge in [-0.25, -0.2) is 0 Å². The number of rotatable bonds is 5. The van der Waals surface area contributed by atoms with Gasteiger partial charge in [-0.05, 0) is 45.2 Å². The maximum atomic E-state index is 12.0. The van der Waals surface area contributed by atoms with Gasteiger partial charge in [-0.2, -0.15) is 0 Å². The summed E-state index contributed by atoms with van der Waals surface area (Å²) in [6.07, 6.45) is 6.92. The van der Waals surface area contributed by atoms with Crippen molar-refractivity contribution in [3.05, 3.63) is 0 Å². The van der Waals surface area contributed by atoms with Crippen LogP contribution in [0.2, 0.25) is 0 Å². The summed E-state index contributed by atoms with van der Waals surface area (Å²) >= 11 is 0. The molecule has 2 heterocycles. The highest BCUT2D eigenvalue weighted by molar-refractivity contribution is 5.82. The Hall–Kier alpha value is -0.610. The number of hydrogen-bond donors (Lipinski definition) is 2. The maximum Gasteiger partial charge on any atom is 0.237 e. The maximum absolute atomic E-state index is 12.0. The van der Waals surface area contributed by atoms with Gasteiger partial charge >= 0.3 is 0 Å². The Kier molecular flexibility index (Phi) is 5.45. The number of likely N-dealkylation sites (tertiary alicyclic amines) is 1. The third-order valence-electron chi connectivity index (χ3n) is 4.14. The molecule has 2 aliphatic heterocycles. The average molecular weight is 253 g/mol. The zero-order valence-electron chi connectivity index (χ0n) is 11.6. The van der Waals surface area contributed by atoms with Gasteiger partial charge in [-0.1, -0.05) is 13.3 Å². The van der Waals surface area contributed by atoms with Gasteiger partial charge < -0.3 is 15.5 Å². The van der Waals surface area contributed by atoms with Crippen LogP contribution in [0.4, 0.5) is 0 Å². The Balaban J connectivity index is 1.65. The number of unbranched alkanes of at least 4 members (excludes halogenated alkanes) is 1. The average Bonchev–Trinajstić information content (AvgIpc) is 2.92. The van der Waals surface area contributed by atoms with Crippen LogP contribution in [0.3, 0.4) is 0 Å². The standard InChI is InChI=1S/C14H27N3O/c1-2-3-9-17-10-6-12(7-11-17)16-14(18)13-5-4-8-15-13/h12-13,15H,2-11H2,1H3,(H,16,18)/t13-/m0/s1. The number of nitrogens with one attached hydrogen (secondary N) is 2. The number of piperidine rings is 1. The molecule has 0 aromatic heterocycles. The van der Waals surface area contributed by atoms with E-state index < -0.39 is 0 Å². The molecule has 4 heteroatoms.